The number of rotatable bonds is 5. The molecule has 1 unspecified atom stereocenters. The number of hydrogen-bond donors (Lipinski definition) is 1. The zero-order valence-corrected chi connectivity index (χ0v) is 11.8. The third kappa shape index (κ3) is 3.82. The van der Waals surface area contributed by atoms with Crippen LogP contribution in [0.15, 0.2) is 30.3 Å². The summed E-state index contributed by atoms with van der Waals surface area (Å²) in [7, 11) is 0. The maximum Gasteiger partial charge on any atom is 0.0278 e. The van der Waals surface area contributed by atoms with Gasteiger partial charge in [0.1, 0.15) is 0 Å². The standard InChI is InChI=1S/C16H26N2/c1-3-16(2)14-18(13-11-17-16)12-7-10-15-8-5-4-6-9-15/h4-6,8-9,17H,3,7,10-14H2,1-2H3. The lowest BCUT2D eigenvalue weighted by Gasteiger charge is -2.41. The second kappa shape index (κ2) is 6.35. The van der Waals surface area contributed by atoms with E-state index in [1.54, 1.807) is 0 Å². The van der Waals surface area contributed by atoms with Crippen LogP contribution in [0.1, 0.15) is 32.3 Å². The van der Waals surface area contributed by atoms with Gasteiger partial charge in [0.25, 0.3) is 0 Å². The van der Waals surface area contributed by atoms with Crippen LogP contribution in [0.2, 0.25) is 0 Å². The molecular formula is C16H26N2. The molecule has 0 bridgehead atoms. The predicted molar refractivity (Wildman–Crippen MR) is 77.9 cm³/mol. The van der Waals surface area contributed by atoms with E-state index < -0.39 is 0 Å². The van der Waals surface area contributed by atoms with E-state index in [2.05, 4.69) is 54.4 Å². The van der Waals surface area contributed by atoms with Gasteiger partial charge in [-0.1, -0.05) is 37.3 Å². The van der Waals surface area contributed by atoms with Crippen molar-refractivity contribution in [3.8, 4) is 0 Å². The lowest BCUT2D eigenvalue weighted by atomic mass is 9.95. The lowest BCUT2D eigenvalue weighted by Crippen LogP contribution is -2.58. The molecule has 2 rings (SSSR count). The fraction of sp³-hybridized carbons (Fsp3) is 0.625. The highest BCUT2D eigenvalue weighted by Gasteiger charge is 2.27. The van der Waals surface area contributed by atoms with Crippen LogP contribution in [-0.2, 0) is 6.42 Å². The molecule has 0 saturated carbocycles. The molecule has 1 atom stereocenters. The summed E-state index contributed by atoms with van der Waals surface area (Å²) >= 11 is 0. The van der Waals surface area contributed by atoms with E-state index in [1.807, 2.05) is 0 Å². The Morgan fingerprint density at radius 3 is 2.78 bits per heavy atom. The van der Waals surface area contributed by atoms with Crippen LogP contribution >= 0.6 is 0 Å². The van der Waals surface area contributed by atoms with Gasteiger partial charge >= 0.3 is 0 Å². The van der Waals surface area contributed by atoms with Crippen molar-refractivity contribution in [2.24, 2.45) is 0 Å². The van der Waals surface area contributed by atoms with E-state index in [9.17, 15) is 0 Å². The largest absolute Gasteiger partial charge is 0.309 e. The van der Waals surface area contributed by atoms with Gasteiger partial charge in [0.15, 0.2) is 0 Å². The van der Waals surface area contributed by atoms with Crippen LogP contribution in [0.25, 0.3) is 0 Å². The van der Waals surface area contributed by atoms with Gasteiger partial charge in [-0.2, -0.15) is 0 Å². The minimum absolute atomic E-state index is 0.324. The van der Waals surface area contributed by atoms with Crippen molar-refractivity contribution in [2.75, 3.05) is 26.2 Å². The minimum Gasteiger partial charge on any atom is -0.309 e. The summed E-state index contributed by atoms with van der Waals surface area (Å²) in [4.78, 5) is 2.61. The van der Waals surface area contributed by atoms with E-state index in [0.717, 1.165) is 6.54 Å². The topological polar surface area (TPSA) is 15.3 Å². The highest BCUT2D eigenvalue weighted by molar-refractivity contribution is 5.14. The molecule has 100 valence electrons. The van der Waals surface area contributed by atoms with Gasteiger partial charge in [0.2, 0.25) is 0 Å². The summed E-state index contributed by atoms with van der Waals surface area (Å²) < 4.78 is 0. The Hall–Kier alpha value is -0.860. The average molecular weight is 246 g/mol. The molecule has 1 aliphatic rings. The highest BCUT2D eigenvalue weighted by atomic mass is 15.2. The first-order chi connectivity index (χ1) is 8.72. The van der Waals surface area contributed by atoms with E-state index in [1.165, 1.54) is 44.5 Å². The Kier molecular flexibility index (Phi) is 4.79. The Morgan fingerprint density at radius 2 is 2.06 bits per heavy atom. The second-order valence-electron chi connectivity index (χ2n) is 5.71. The Labute approximate surface area is 111 Å². The fourth-order valence-electron chi connectivity index (χ4n) is 2.72. The van der Waals surface area contributed by atoms with Gasteiger partial charge in [-0.3, -0.25) is 0 Å². The number of nitrogens with one attached hydrogen (secondary N) is 1. The molecule has 0 spiro atoms. The first-order valence-corrected chi connectivity index (χ1v) is 7.23. The van der Waals surface area contributed by atoms with Gasteiger partial charge in [0.05, 0.1) is 0 Å². The molecule has 0 amide bonds. The zero-order chi connectivity index (χ0) is 12.8. The van der Waals surface area contributed by atoms with Gasteiger partial charge in [0, 0.05) is 25.2 Å². The second-order valence-corrected chi connectivity index (χ2v) is 5.71. The van der Waals surface area contributed by atoms with Crippen molar-refractivity contribution >= 4 is 0 Å². The van der Waals surface area contributed by atoms with Crippen LogP contribution in [0.5, 0.6) is 0 Å². The molecule has 2 nitrogen and oxygen atoms in total. The van der Waals surface area contributed by atoms with Crippen LogP contribution in [0, 0.1) is 0 Å². The maximum absolute atomic E-state index is 3.64. The molecule has 18 heavy (non-hydrogen) atoms. The van der Waals surface area contributed by atoms with Crippen molar-refractivity contribution in [1.82, 2.24) is 10.2 Å². The molecule has 0 radical (unpaired) electrons. The minimum atomic E-state index is 0.324. The first-order valence-electron chi connectivity index (χ1n) is 7.23. The number of hydrogen-bond acceptors (Lipinski definition) is 2. The van der Waals surface area contributed by atoms with Crippen LogP contribution in [0.3, 0.4) is 0 Å². The molecule has 0 aromatic heterocycles. The van der Waals surface area contributed by atoms with Gasteiger partial charge in [-0.05, 0) is 38.3 Å². The third-order valence-electron chi connectivity index (χ3n) is 4.12. The van der Waals surface area contributed by atoms with Crippen molar-refractivity contribution < 1.29 is 0 Å². The molecule has 0 aliphatic carbocycles. The van der Waals surface area contributed by atoms with Gasteiger partial charge < -0.3 is 10.2 Å². The molecule has 1 N–H and O–H groups in total. The smallest absolute Gasteiger partial charge is 0.0278 e. The van der Waals surface area contributed by atoms with Gasteiger partial charge in [-0.15, -0.1) is 0 Å². The van der Waals surface area contributed by atoms with Crippen molar-refractivity contribution in [3.05, 3.63) is 35.9 Å². The molecular weight excluding hydrogens is 220 g/mol. The fourth-order valence-corrected chi connectivity index (χ4v) is 2.72. The summed E-state index contributed by atoms with van der Waals surface area (Å²) in [6, 6.07) is 10.8. The van der Waals surface area contributed by atoms with E-state index in [-0.39, 0.29) is 0 Å². The maximum atomic E-state index is 3.64. The van der Waals surface area contributed by atoms with Crippen molar-refractivity contribution in [1.29, 1.82) is 0 Å². The molecule has 1 aromatic rings. The quantitative estimate of drug-likeness (QED) is 0.859. The van der Waals surface area contributed by atoms with Crippen molar-refractivity contribution in [3.63, 3.8) is 0 Å². The molecule has 1 aliphatic heterocycles. The molecule has 1 heterocycles. The van der Waals surface area contributed by atoms with E-state index in [0.29, 0.717) is 5.54 Å². The zero-order valence-electron chi connectivity index (χ0n) is 11.8. The average Bonchev–Trinajstić information content (AvgIpc) is 2.40. The van der Waals surface area contributed by atoms with E-state index >= 15 is 0 Å². The Balaban J connectivity index is 1.74. The Bertz CT molecular complexity index is 349. The highest BCUT2D eigenvalue weighted by Crippen LogP contribution is 2.15. The van der Waals surface area contributed by atoms with Crippen LogP contribution in [0.4, 0.5) is 0 Å². The molecule has 2 heteroatoms. The molecule has 1 aromatic carbocycles. The Morgan fingerprint density at radius 1 is 1.28 bits per heavy atom. The SMILES string of the molecule is CCC1(C)CN(CCCc2ccccc2)CCN1. The van der Waals surface area contributed by atoms with E-state index in [4.69, 9.17) is 0 Å². The van der Waals surface area contributed by atoms with Crippen LogP contribution < -0.4 is 5.32 Å². The predicted octanol–water partition coefficient (Wildman–Crippen LogP) is 2.69. The molecule has 1 fully saturated rings. The van der Waals surface area contributed by atoms with Gasteiger partial charge in [-0.25, -0.2) is 0 Å². The summed E-state index contributed by atoms with van der Waals surface area (Å²) in [5.41, 5.74) is 1.79. The normalized spacial score (nSPS) is 25.2. The number of benzene rings is 1. The number of piperazine rings is 1. The molecule has 1 saturated heterocycles. The number of aryl methyl sites for hydroxylation is 1. The monoisotopic (exact) mass is 246 g/mol. The van der Waals surface area contributed by atoms with Crippen LogP contribution in [-0.4, -0.2) is 36.6 Å². The third-order valence-corrected chi connectivity index (χ3v) is 4.12. The van der Waals surface area contributed by atoms with Crippen molar-refractivity contribution in [2.45, 2.75) is 38.6 Å². The summed E-state index contributed by atoms with van der Waals surface area (Å²) in [5, 5.41) is 3.64. The summed E-state index contributed by atoms with van der Waals surface area (Å²) in [5.74, 6) is 0. The first kappa shape index (κ1) is 13.6. The number of nitrogens with zero attached hydrogens (tertiary/aromatic N) is 1. The lowest BCUT2D eigenvalue weighted by molar-refractivity contribution is 0.139. The summed E-state index contributed by atoms with van der Waals surface area (Å²) in [6.07, 6.45) is 3.68. The summed E-state index contributed by atoms with van der Waals surface area (Å²) in [6.45, 7) is 9.38.